The Morgan fingerprint density at radius 3 is 2.73 bits per heavy atom. The summed E-state index contributed by atoms with van der Waals surface area (Å²) in [7, 11) is 1.46. The second kappa shape index (κ2) is 13.1. The summed E-state index contributed by atoms with van der Waals surface area (Å²) in [5.41, 5.74) is 0.795. The van der Waals surface area contributed by atoms with E-state index in [1.165, 1.54) is 18.1 Å². The fourth-order valence-electron chi connectivity index (χ4n) is 3.29. The Labute approximate surface area is 198 Å². The Morgan fingerprint density at radius 2 is 2.10 bits per heavy atom. The van der Waals surface area contributed by atoms with Gasteiger partial charge in [0.25, 0.3) is 0 Å². The molecule has 2 heterocycles. The van der Waals surface area contributed by atoms with Crippen molar-refractivity contribution in [3.8, 4) is 5.75 Å². The van der Waals surface area contributed by atoms with E-state index < -0.39 is 0 Å². The van der Waals surface area contributed by atoms with Gasteiger partial charge in [0.15, 0.2) is 17.5 Å². The van der Waals surface area contributed by atoms with E-state index in [0.29, 0.717) is 6.54 Å². The molecule has 2 aromatic rings. The molecule has 1 aliphatic rings. The number of guanidine groups is 1. The van der Waals surface area contributed by atoms with Gasteiger partial charge in [-0.15, -0.1) is 35.3 Å². The van der Waals surface area contributed by atoms with Crippen LogP contribution < -0.4 is 15.4 Å². The van der Waals surface area contributed by atoms with Crippen molar-refractivity contribution in [2.24, 2.45) is 4.99 Å². The number of methoxy groups -OCH3 is 1. The Morgan fingerprint density at radius 1 is 1.30 bits per heavy atom. The van der Waals surface area contributed by atoms with Gasteiger partial charge in [-0.1, -0.05) is 12.1 Å². The van der Waals surface area contributed by atoms with Crippen LogP contribution in [0.5, 0.6) is 5.75 Å². The molecule has 0 bridgehead atoms. The third kappa shape index (κ3) is 7.07. The van der Waals surface area contributed by atoms with Gasteiger partial charge in [-0.25, -0.2) is 9.38 Å². The molecule has 2 N–H and O–H groups in total. The van der Waals surface area contributed by atoms with Crippen LogP contribution in [-0.4, -0.2) is 57.4 Å². The molecule has 1 fully saturated rings. The molecule has 0 saturated carbocycles. The maximum absolute atomic E-state index is 13.9. The van der Waals surface area contributed by atoms with Crippen molar-refractivity contribution in [3.63, 3.8) is 0 Å². The molecule has 1 atom stereocenters. The summed E-state index contributed by atoms with van der Waals surface area (Å²) < 4.78 is 24.4. The zero-order valence-corrected chi connectivity index (χ0v) is 20.5. The molecule has 30 heavy (non-hydrogen) atoms. The van der Waals surface area contributed by atoms with Crippen molar-refractivity contribution in [3.05, 3.63) is 52.0 Å². The molecule has 1 saturated heterocycles. The molecule has 6 nitrogen and oxygen atoms in total. The highest BCUT2D eigenvalue weighted by molar-refractivity contribution is 14.0. The number of hydrogen-bond acceptors (Lipinski definition) is 5. The molecule has 3 rings (SSSR count). The number of nitrogens with zero attached hydrogens (tertiary/aromatic N) is 2. The monoisotopic (exact) mass is 548 g/mol. The smallest absolute Gasteiger partial charge is 0.191 e. The Hall–Kier alpha value is -1.43. The molecule has 9 heteroatoms. The van der Waals surface area contributed by atoms with Gasteiger partial charge in [0, 0.05) is 31.1 Å². The minimum absolute atomic E-state index is 0. The largest absolute Gasteiger partial charge is 0.494 e. The van der Waals surface area contributed by atoms with E-state index in [4.69, 9.17) is 9.47 Å². The first-order valence-electron chi connectivity index (χ1n) is 9.91. The summed E-state index contributed by atoms with van der Waals surface area (Å²) in [4.78, 5) is 8.40. The van der Waals surface area contributed by atoms with E-state index in [9.17, 15) is 4.39 Å². The Kier molecular flexibility index (Phi) is 10.8. The van der Waals surface area contributed by atoms with Crippen LogP contribution in [0.2, 0.25) is 0 Å². The number of thiophene rings is 1. The summed E-state index contributed by atoms with van der Waals surface area (Å²) in [5.74, 6) is 0.592. The zero-order valence-electron chi connectivity index (χ0n) is 17.4. The SMILES string of the molecule is CCNC(=NCc1ccc(OC)c(F)c1)NCC(c1cccs1)N1CCOCC1.I. The molecule has 1 unspecified atom stereocenters. The van der Waals surface area contributed by atoms with Crippen LogP contribution in [0.15, 0.2) is 40.7 Å². The van der Waals surface area contributed by atoms with Crippen LogP contribution >= 0.6 is 35.3 Å². The van der Waals surface area contributed by atoms with Crippen molar-refractivity contribution in [2.45, 2.75) is 19.5 Å². The van der Waals surface area contributed by atoms with E-state index >= 15 is 0 Å². The Balaban J connectivity index is 0.00000320. The highest BCUT2D eigenvalue weighted by Crippen LogP contribution is 2.25. The first-order valence-corrected chi connectivity index (χ1v) is 10.8. The van der Waals surface area contributed by atoms with Crippen molar-refractivity contribution in [1.82, 2.24) is 15.5 Å². The van der Waals surface area contributed by atoms with E-state index in [2.05, 4.69) is 38.0 Å². The summed E-state index contributed by atoms with van der Waals surface area (Å²) in [6, 6.07) is 9.46. The maximum atomic E-state index is 13.9. The third-order valence-corrected chi connectivity index (χ3v) is 5.77. The lowest BCUT2D eigenvalue weighted by atomic mass is 10.2. The lowest BCUT2D eigenvalue weighted by Gasteiger charge is -2.34. The fraction of sp³-hybridized carbons (Fsp3) is 0.476. The average Bonchev–Trinajstić information content (AvgIpc) is 3.27. The third-order valence-electron chi connectivity index (χ3n) is 4.80. The molecular formula is C21H30FIN4O2S. The van der Waals surface area contributed by atoms with Crippen LogP contribution in [0.1, 0.15) is 23.4 Å². The van der Waals surface area contributed by atoms with Gasteiger partial charge in [-0.2, -0.15) is 0 Å². The quantitative estimate of drug-likeness (QED) is 0.300. The van der Waals surface area contributed by atoms with Gasteiger partial charge in [0.2, 0.25) is 0 Å². The number of aliphatic imine (C=N–C) groups is 1. The van der Waals surface area contributed by atoms with E-state index in [1.807, 2.05) is 13.0 Å². The van der Waals surface area contributed by atoms with Crippen molar-refractivity contribution >= 4 is 41.3 Å². The van der Waals surface area contributed by atoms with E-state index in [-0.39, 0.29) is 41.6 Å². The number of rotatable bonds is 8. The van der Waals surface area contributed by atoms with Crippen LogP contribution in [0.25, 0.3) is 0 Å². The summed E-state index contributed by atoms with van der Waals surface area (Å²) >= 11 is 1.77. The van der Waals surface area contributed by atoms with Gasteiger partial charge in [0.1, 0.15) is 0 Å². The number of benzene rings is 1. The first kappa shape index (κ1) is 24.8. The van der Waals surface area contributed by atoms with Crippen molar-refractivity contribution in [2.75, 3.05) is 46.5 Å². The molecule has 0 aliphatic carbocycles. The van der Waals surface area contributed by atoms with E-state index in [0.717, 1.165) is 50.9 Å². The predicted octanol–water partition coefficient (Wildman–Crippen LogP) is 3.64. The second-order valence-corrected chi connectivity index (χ2v) is 7.70. The van der Waals surface area contributed by atoms with Gasteiger partial charge >= 0.3 is 0 Å². The molecule has 166 valence electrons. The topological polar surface area (TPSA) is 58.1 Å². The van der Waals surface area contributed by atoms with E-state index in [1.54, 1.807) is 17.4 Å². The van der Waals surface area contributed by atoms with Crippen LogP contribution in [0, 0.1) is 5.82 Å². The molecular weight excluding hydrogens is 518 g/mol. The summed E-state index contributed by atoms with van der Waals surface area (Å²) in [6.07, 6.45) is 0. The maximum Gasteiger partial charge on any atom is 0.191 e. The van der Waals surface area contributed by atoms with Crippen molar-refractivity contribution in [1.29, 1.82) is 0 Å². The molecule has 0 radical (unpaired) electrons. The highest BCUT2D eigenvalue weighted by Gasteiger charge is 2.23. The van der Waals surface area contributed by atoms with Gasteiger partial charge in [-0.05, 0) is 36.1 Å². The number of ether oxygens (including phenoxy) is 2. The lowest BCUT2D eigenvalue weighted by molar-refractivity contribution is 0.0177. The fourth-order valence-corrected chi connectivity index (χ4v) is 4.15. The molecule has 1 aromatic heterocycles. The van der Waals surface area contributed by atoms with Crippen LogP contribution in [-0.2, 0) is 11.3 Å². The molecule has 0 amide bonds. The van der Waals surface area contributed by atoms with Crippen LogP contribution in [0.3, 0.4) is 0 Å². The lowest BCUT2D eigenvalue weighted by Crippen LogP contribution is -2.46. The number of nitrogens with one attached hydrogen (secondary N) is 2. The van der Waals surface area contributed by atoms with Gasteiger partial charge < -0.3 is 20.1 Å². The predicted molar refractivity (Wildman–Crippen MR) is 131 cm³/mol. The second-order valence-electron chi connectivity index (χ2n) is 6.72. The molecule has 1 aliphatic heterocycles. The average molecular weight is 548 g/mol. The molecule has 1 aromatic carbocycles. The van der Waals surface area contributed by atoms with Gasteiger partial charge in [0.05, 0.1) is 32.9 Å². The summed E-state index contributed by atoms with van der Waals surface area (Å²) in [5, 5.41) is 8.84. The van der Waals surface area contributed by atoms with Gasteiger partial charge in [-0.3, -0.25) is 4.90 Å². The number of hydrogen-bond donors (Lipinski definition) is 2. The number of halogens is 2. The first-order chi connectivity index (χ1) is 14.2. The zero-order chi connectivity index (χ0) is 20.5. The Bertz CT molecular complexity index is 785. The highest BCUT2D eigenvalue weighted by atomic mass is 127. The summed E-state index contributed by atoms with van der Waals surface area (Å²) in [6.45, 7) is 7.28. The minimum Gasteiger partial charge on any atom is -0.494 e. The normalized spacial score (nSPS) is 15.9. The standard InChI is InChI=1S/C21H29FN4O2S.HI/c1-3-23-21(24-14-16-6-7-19(27-2)17(22)13-16)25-15-18(20-5-4-12-29-20)26-8-10-28-11-9-26;/h4-7,12-13,18H,3,8-11,14-15H2,1-2H3,(H2,23,24,25);1H. The minimum atomic E-state index is -0.372. The number of morpholine rings is 1. The van der Waals surface area contributed by atoms with Crippen molar-refractivity contribution < 1.29 is 13.9 Å². The van der Waals surface area contributed by atoms with Crippen LogP contribution in [0.4, 0.5) is 4.39 Å². The molecule has 0 spiro atoms.